The number of rotatable bonds is 17. The molecule has 2 fully saturated rings. The Morgan fingerprint density at radius 1 is 0.833 bits per heavy atom. The first-order chi connectivity index (χ1) is 16.9. The predicted molar refractivity (Wildman–Crippen MR) is 139 cm³/mol. The van der Waals surface area contributed by atoms with E-state index in [4.69, 9.17) is 4.74 Å². The fourth-order valence-electron chi connectivity index (χ4n) is 4.94. The molecule has 36 heavy (non-hydrogen) atoms. The zero-order valence-corrected chi connectivity index (χ0v) is 23.0. The first-order valence-electron chi connectivity index (χ1n) is 13.4. The molecule has 0 spiro atoms. The molecule has 0 saturated carbocycles. The number of ether oxygens (including phenoxy) is 1. The number of hydrogen-bond donors (Lipinski definition) is 0. The molecule has 0 aliphatic carbocycles. The second-order valence-corrected chi connectivity index (χ2v) is 11.3. The van der Waals surface area contributed by atoms with Crippen molar-refractivity contribution in [3.8, 4) is 0 Å². The van der Waals surface area contributed by atoms with Gasteiger partial charge in [0, 0.05) is 38.0 Å². The third kappa shape index (κ3) is 8.05. The van der Waals surface area contributed by atoms with E-state index in [9.17, 15) is 19.2 Å². The van der Waals surface area contributed by atoms with Gasteiger partial charge in [-0.1, -0.05) is 26.8 Å². The maximum atomic E-state index is 12.4. The number of hydrogen-bond acceptors (Lipinski definition) is 5. The Morgan fingerprint density at radius 2 is 1.44 bits per heavy atom. The lowest BCUT2D eigenvalue weighted by molar-refractivity contribution is -0.129. The highest BCUT2D eigenvalue weighted by Gasteiger charge is 2.43. The molecule has 2 rings (SSSR count). The largest absolute Gasteiger partial charge is 0.381 e. The summed E-state index contributed by atoms with van der Waals surface area (Å²) in [6.45, 7) is 16.6. The van der Waals surface area contributed by atoms with Crippen LogP contribution in [0.4, 0.5) is 9.59 Å². The van der Waals surface area contributed by atoms with Crippen LogP contribution in [0.15, 0.2) is 12.8 Å². The van der Waals surface area contributed by atoms with Crippen molar-refractivity contribution in [1.82, 2.24) is 19.6 Å². The topological polar surface area (TPSA) is 90.5 Å². The number of amides is 6. The molecule has 0 aromatic rings. The molecule has 0 unspecified atom stereocenters. The maximum absolute atomic E-state index is 12.4. The molecule has 0 aromatic heterocycles. The molecule has 0 N–H and O–H groups in total. The number of unbranched alkanes of at least 4 members (excludes halogenated alkanes) is 2. The molecule has 9 nitrogen and oxygen atoms in total. The Bertz CT molecular complexity index is 810. The van der Waals surface area contributed by atoms with E-state index in [2.05, 4.69) is 20.4 Å². The predicted octanol–water partition coefficient (Wildman–Crippen LogP) is 4.62. The quantitative estimate of drug-likeness (QED) is 0.212. The smallest absolute Gasteiger partial charge is 0.331 e. The van der Waals surface area contributed by atoms with Crippen LogP contribution in [0.3, 0.4) is 0 Å². The summed E-state index contributed by atoms with van der Waals surface area (Å²) in [5.74, 6) is -0.261. The summed E-state index contributed by atoms with van der Waals surface area (Å²) in [4.78, 5) is 54.5. The van der Waals surface area contributed by atoms with Gasteiger partial charge in [-0.05, 0) is 71.1 Å². The molecule has 2 saturated heterocycles. The Balaban J connectivity index is 1.53. The van der Waals surface area contributed by atoms with Crippen LogP contribution in [-0.2, 0) is 14.3 Å². The summed E-state index contributed by atoms with van der Waals surface area (Å²) in [6.07, 6.45) is 8.86. The first-order valence-corrected chi connectivity index (χ1v) is 13.4. The minimum absolute atomic E-state index is 0.0706. The molecule has 0 bridgehead atoms. The van der Waals surface area contributed by atoms with Gasteiger partial charge in [-0.25, -0.2) is 9.59 Å². The van der Waals surface area contributed by atoms with Crippen LogP contribution in [0.2, 0.25) is 0 Å². The third-order valence-electron chi connectivity index (χ3n) is 7.28. The lowest BCUT2D eigenvalue weighted by Gasteiger charge is -2.33. The van der Waals surface area contributed by atoms with E-state index in [1.807, 2.05) is 20.8 Å². The Hall–Kier alpha value is -2.42. The minimum Gasteiger partial charge on any atom is -0.381 e. The van der Waals surface area contributed by atoms with Crippen molar-refractivity contribution in [3.63, 3.8) is 0 Å². The van der Waals surface area contributed by atoms with Crippen LogP contribution in [0.1, 0.15) is 86.0 Å². The molecule has 0 radical (unpaired) electrons. The molecule has 204 valence electrons. The summed E-state index contributed by atoms with van der Waals surface area (Å²) in [5.41, 5.74) is -0.365. The summed E-state index contributed by atoms with van der Waals surface area (Å²) in [7, 11) is 0. The standard InChI is InChI=1S/C27H46N4O5/c1-7-28-20-22(32)30(24(28)34)17-13-15-26(3,4)14-9-11-18-36-19-12-10-16-27(5,6)31-23(33)21-29(8-2)25(31)35/h8H,2,7,9-21H2,1,3-6H3. The first kappa shape index (κ1) is 29.8. The van der Waals surface area contributed by atoms with Crippen molar-refractivity contribution in [1.29, 1.82) is 0 Å². The lowest BCUT2D eigenvalue weighted by atomic mass is 9.82. The van der Waals surface area contributed by atoms with Crippen molar-refractivity contribution in [3.05, 3.63) is 12.8 Å². The molecule has 2 heterocycles. The third-order valence-corrected chi connectivity index (χ3v) is 7.28. The summed E-state index contributed by atoms with van der Waals surface area (Å²) < 4.78 is 5.80. The SMILES string of the molecule is C=CN1CC(=O)N(C(C)(C)CCCCOCCCCC(C)(C)CCCN2C(=O)CN(CC)C2=O)C1=O. The highest BCUT2D eigenvalue weighted by Crippen LogP contribution is 2.30. The van der Waals surface area contributed by atoms with Crippen LogP contribution in [-0.4, -0.2) is 88.4 Å². The number of likely N-dealkylation sites (N-methyl/N-ethyl adjacent to an activating group) is 1. The molecule has 0 atom stereocenters. The average Bonchev–Trinajstić information content (AvgIpc) is 3.26. The van der Waals surface area contributed by atoms with Gasteiger partial charge in [0.05, 0.1) is 0 Å². The van der Waals surface area contributed by atoms with E-state index in [1.54, 1.807) is 4.90 Å². The Morgan fingerprint density at radius 3 is 2.00 bits per heavy atom. The monoisotopic (exact) mass is 506 g/mol. The summed E-state index contributed by atoms with van der Waals surface area (Å²) in [6, 6.07) is -0.446. The summed E-state index contributed by atoms with van der Waals surface area (Å²) in [5, 5.41) is 0. The van der Waals surface area contributed by atoms with Crippen molar-refractivity contribution in [2.75, 3.05) is 39.4 Å². The van der Waals surface area contributed by atoms with E-state index in [-0.39, 0.29) is 42.4 Å². The Labute approximate surface area is 216 Å². The van der Waals surface area contributed by atoms with Crippen LogP contribution < -0.4 is 0 Å². The Kier molecular flexibility index (Phi) is 10.9. The highest BCUT2D eigenvalue weighted by atomic mass is 16.5. The minimum atomic E-state index is -0.526. The van der Waals surface area contributed by atoms with Gasteiger partial charge in [-0.2, -0.15) is 0 Å². The second kappa shape index (κ2) is 13.2. The van der Waals surface area contributed by atoms with Crippen molar-refractivity contribution < 1.29 is 23.9 Å². The number of carbonyl (C=O) groups is 4. The van der Waals surface area contributed by atoms with Gasteiger partial charge in [0.25, 0.3) is 5.91 Å². The number of imide groups is 2. The lowest BCUT2D eigenvalue weighted by Crippen LogP contribution is -2.48. The number of carbonyl (C=O) groups excluding carboxylic acids is 4. The van der Waals surface area contributed by atoms with Crippen LogP contribution >= 0.6 is 0 Å². The van der Waals surface area contributed by atoms with Crippen molar-refractivity contribution in [2.45, 2.75) is 91.5 Å². The molecular weight excluding hydrogens is 460 g/mol. The molecule has 6 amide bonds. The van der Waals surface area contributed by atoms with E-state index in [1.165, 1.54) is 20.9 Å². The highest BCUT2D eigenvalue weighted by molar-refractivity contribution is 6.03. The van der Waals surface area contributed by atoms with Gasteiger partial charge in [0.2, 0.25) is 5.91 Å². The zero-order valence-electron chi connectivity index (χ0n) is 23.0. The van der Waals surface area contributed by atoms with Gasteiger partial charge in [0.15, 0.2) is 0 Å². The van der Waals surface area contributed by atoms with Crippen LogP contribution in [0.25, 0.3) is 0 Å². The van der Waals surface area contributed by atoms with E-state index >= 15 is 0 Å². The van der Waals surface area contributed by atoms with Crippen LogP contribution in [0, 0.1) is 5.41 Å². The van der Waals surface area contributed by atoms with E-state index in [0.29, 0.717) is 19.7 Å². The summed E-state index contributed by atoms with van der Waals surface area (Å²) >= 11 is 0. The fraction of sp³-hybridized carbons (Fsp3) is 0.778. The maximum Gasteiger partial charge on any atom is 0.331 e. The zero-order chi connectivity index (χ0) is 26.9. The second-order valence-electron chi connectivity index (χ2n) is 11.3. The molecule has 0 aromatic carbocycles. The molecule has 9 heteroatoms. The van der Waals surface area contributed by atoms with Gasteiger partial charge in [0.1, 0.15) is 13.1 Å². The molecule has 2 aliphatic rings. The number of nitrogens with zero attached hydrogens (tertiary/aromatic N) is 4. The normalized spacial score (nSPS) is 17.2. The molecular formula is C27H46N4O5. The van der Waals surface area contributed by atoms with Gasteiger partial charge in [-0.15, -0.1) is 0 Å². The fourth-order valence-corrected chi connectivity index (χ4v) is 4.94. The van der Waals surface area contributed by atoms with Crippen molar-refractivity contribution >= 4 is 23.9 Å². The molecule has 2 aliphatic heterocycles. The average molecular weight is 507 g/mol. The van der Waals surface area contributed by atoms with E-state index < -0.39 is 5.54 Å². The van der Waals surface area contributed by atoms with Crippen LogP contribution in [0.5, 0.6) is 0 Å². The number of urea groups is 2. The van der Waals surface area contributed by atoms with Gasteiger partial charge in [-0.3, -0.25) is 24.3 Å². The van der Waals surface area contributed by atoms with Gasteiger partial charge < -0.3 is 9.64 Å². The van der Waals surface area contributed by atoms with E-state index in [0.717, 1.165) is 58.0 Å². The van der Waals surface area contributed by atoms with Gasteiger partial charge >= 0.3 is 12.1 Å². The van der Waals surface area contributed by atoms with Crippen molar-refractivity contribution in [2.24, 2.45) is 5.41 Å².